The van der Waals surface area contributed by atoms with E-state index in [-0.39, 0.29) is 15.5 Å². The molecular formula is C22H25ClN4O3S. The van der Waals surface area contributed by atoms with Crippen LogP contribution in [0.15, 0.2) is 65.8 Å². The number of carbonyl (C=O) groups is 1. The number of aryl methyl sites for hydroxylation is 1. The van der Waals surface area contributed by atoms with E-state index in [0.29, 0.717) is 18.9 Å². The van der Waals surface area contributed by atoms with Gasteiger partial charge in [0.2, 0.25) is 10.0 Å². The lowest BCUT2D eigenvalue weighted by atomic mass is 10.1. The highest BCUT2D eigenvalue weighted by atomic mass is 35.5. The molecule has 1 N–H and O–H groups in total. The molecule has 1 unspecified atom stereocenters. The smallest absolute Gasteiger partial charge is 0.252 e. The van der Waals surface area contributed by atoms with E-state index in [9.17, 15) is 13.2 Å². The molecule has 1 heterocycles. The molecule has 0 bridgehead atoms. The molecule has 0 radical (unpaired) electrons. The van der Waals surface area contributed by atoms with Crippen LogP contribution in [0.25, 0.3) is 0 Å². The molecule has 0 spiro atoms. The molecule has 7 nitrogen and oxygen atoms in total. The van der Waals surface area contributed by atoms with Gasteiger partial charge in [-0.05, 0) is 23.8 Å². The third-order valence-electron chi connectivity index (χ3n) is 5.04. The highest BCUT2D eigenvalue weighted by Gasteiger charge is 2.27. The van der Waals surface area contributed by atoms with E-state index in [1.54, 1.807) is 26.2 Å². The van der Waals surface area contributed by atoms with Gasteiger partial charge in [-0.15, -0.1) is 0 Å². The minimum Gasteiger partial charge on any atom is -0.338 e. The lowest BCUT2D eigenvalue weighted by molar-refractivity contribution is 0.0941. The molecule has 9 heteroatoms. The van der Waals surface area contributed by atoms with Crippen LogP contribution in [-0.4, -0.2) is 41.3 Å². The highest BCUT2D eigenvalue weighted by Crippen LogP contribution is 2.27. The molecular weight excluding hydrogens is 436 g/mol. The van der Waals surface area contributed by atoms with Gasteiger partial charge >= 0.3 is 0 Å². The van der Waals surface area contributed by atoms with Gasteiger partial charge in [-0.25, -0.2) is 13.4 Å². The van der Waals surface area contributed by atoms with Crippen LogP contribution < -0.4 is 5.32 Å². The summed E-state index contributed by atoms with van der Waals surface area (Å²) in [6, 6.07) is 13.2. The van der Waals surface area contributed by atoms with E-state index >= 15 is 0 Å². The summed E-state index contributed by atoms with van der Waals surface area (Å²) in [6.45, 7) is 4.12. The van der Waals surface area contributed by atoms with Gasteiger partial charge in [0.1, 0.15) is 16.8 Å². The van der Waals surface area contributed by atoms with Crippen LogP contribution in [0, 0.1) is 0 Å². The zero-order valence-corrected chi connectivity index (χ0v) is 19.2. The molecule has 0 fully saturated rings. The number of rotatable bonds is 8. The van der Waals surface area contributed by atoms with E-state index in [1.807, 2.05) is 41.9 Å². The van der Waals surface area contributed by atoms with Crippen molar-refractivity contribution < 1.29 is 13.2 Å². The summed E-state index contributed by atoms with van der Waals surface area (Å²) in [4.78, 5) is 17.4. The number of hydrogen-bond donors (Lipinski definition) is 1. The van der Waals surface area contributed by atoms with E-state index in [4.69, 9.17) is 11.6 Å². The normalized spacial score (nSPS) is 12.7. The molecule has 2 aromatic carbocycles. The fourth-order valence-electron chi connectivity index (χ4n) is 3.36. The minimum atomic E-state index is -3.81. The highest BCUT2D eigenvalue weighted by molar-refractivity contribution is 7.89. The third-order valence-corrected chi connectivity index (χ3v) is 7.57. The average Bonchev–Trinajstić information content (AvgIpc) is 3.18. The van der Waals surface area contributed by atoms with Crippen molar-refractivity contribution in [1.82, 2.24) is 19.2 Å². The van der Waals surface area contributed by atoms with Crippen molar-refractivity contribution in [1.29, 1.82) is 0 Å². The molecule has 0 aliphatic heterocycles. The fourth-order valence-corrected chi connectivity index (χ4v) is 5.32. The maximum atomic E-state index is 13.1. The summed E-state index contributed by atoms with van der Waals surface area (Å²) < 4.78 is 29.1. The molecule has 164 valence electrons. The zero-order chi connectivity index (χ0) is 22.6. The Morgan fingerprint density at radius 1 is 1.16 bits per heavy atom. The van der Waals surface area contributed by atoms with Gasteiger partial charge in [-0.1, -0.05) is 55.8 Å². The summed E-state index contributed by atoms with van der Waals surface area (Å²) in [5.74, 6) is 0.231. The SMILES string of the molecule is CCN(CC)S(=O)(=O)c1cc(C(=O)NC(c2ccccc2)c2nccn2C)ccc1Cl. The van der Waals surface area contributed by atoms with Crippen molar-refractivity contribution in [3.05, 3.63) is 82.9 Å². The first-order valence-electron chi connectivity index (χ1n) is 9.92. The zero-order valence-electron chi connectivity index (χ0n) is 17.6. The predicted molar refractivity (Wildman–Crippen MR) is 121 cm³/mol. The van der Waals surface area contributed by atoms with Gasteiger partial charge in [0.25, 0.3) is 5.91 Å². The Morgan fingerprint density at radius 3 is 2.42 bits per heavy atom. The van der Waals surface area contributed by atoms with Crippen LogP contribution in [0.4, 0.5) is 0 Å². The number of halogens is 1. The summed E-state index contributed by atoms with van der Waals surface area (Å²) in [5.41, 5.74) is 1.06. The van der Waals surface area contributed by atoms with Gasteiger partial charge in [0.05, 0.1) is 5.02 Å². The molecule has 1 atom stereocenters. The number of sulfonamides is 1. The summed E-state index contributed by atoms with van der Waals surface area (Å²) in [5, 5.41) is 3.05. The quantitative estimate of drug-likeness (QED) is 0.556. The lowest BCUT2D eigenvalue weighted by Gasteiger charge is -2.21. The van der Waals surface area contributed by atoms with Gasteiger partial charge in [-0.3, -0.25) is 4.79 Å². The Balaban J connectivity index is 1.98. The molecule has 1 amide bonds. The van der Waals surface area contributed by atoms with E-state index in [1.165, 1.54) is 22.5 Å². The molecule has 1 aromatic heterocycles. The molecule has 0 aliphatic carbocycles. The van der Waals surface area contributed by atoms with E-state index in [2.05, 4.69) is 10.3 Å². The van der Waals surface area contributed by atoms with E-state index < -0.39 is 22.0 Å². The largest absolute Gasteiger partial charge is 0.338 e. The molecule has 0 saturated carbocycles. The van der Waals surface area contributed by atoms with Crippen LogP contribution in [0.2, 0.25) is 5.02 Å². The van der Waals surface area contributed by atoms with Crippen molar-refractivity contribution in [3.8, 4) is 0 Å². The van der Waals surface area contributed by atoms with Gasteiger partial charge in [0, 0.05) is 38.1 Å². The van der Waals surface area contributed by atoms with E-state index in [0.717, 1.165) is 5.56 Å². The molecule has 0 saturated heterocycles. The van der Waals surface area contributed by atoms with Crippen LogP contribution in [0.1, 0.15) is 41.6 Å². The molecule has 31 heavy (non-hydrogen) atoms. The van der Waals surface area contributed by atoms with Crippen molar-refractivity contribution in [3.63, 3.8) is 0 Å². The summed E-state index contributed by atoms with van der Waals surface area (Å²) >= 11 is 6.20. The topological polar surface area (TPSA) is 84.3 Å². The van der Waals surface area contributed by atoms with Crippen molar-refractivity contribution in [2.75, 3.05) is 13.1 Å². The Kier molecular flexibility index (Phi) is 7.15. The second-order valence-corrected chi connectivity index (χ2v) is 9.26. The number of nitrogens with one attached hydrogen (secondary N) is 1. The predicted octanol–water partition coefficient (Wildman–Crippen LogP) is 3.62. The number of benzene rings is 2. The molecule has 3 rings (SSSR count). The minimum absolute atomic E-state index is 0.0761. The fraction of sp³-hybridized carbons (Fsp3) is 0.273. The molecule has 3 aromatic rings. The number of carbonyl (C=O) groups excluding carboxylic acids is 1. The van der Waals surface area contributed by atoms with Crippen LogP contribution in [-0.2, 0) is 17.1 Å². The molecule has 0 aliphatic rings. The Labute approximate surface area is 187 Å². The second-order valence-electron chi connectivity index (χ2n) is 6.95. The Hall–Kier alpha value is -2.68. The number of amides is 1. The lowest BCUT2D eigenvalue weighted by Crippen LogP contribution is -2.32. The number of imidazole rings is 1. The first kappa shape index (κ1) is 23.0. The standard InChI is InChI=1S/C22H25ClN4O3S/c1-4-27(5-2)31(29,30)19-15-17(11-12-18(19)23)22(28)25-20(16-9-7-6-8-10-16)21-24-13-14-26(21)3/h6-15,20H,4-5H2,1-3H3,(H,25,28). The Bertz CT molecular complexity index is 1160. The Morgan fingerprint density at radius 2 is 1.84 bits per heavy atom. The van der Waals surface area contributed by atoms with Crippen LogP contribution in [0.5, 0.6) is 0 Å². The van der Waals surface area contributed by atoms with Gasteiger partial charge in [0.15, 0.2) is 0 Å². The first-order chi connectivity index (χ1) is 14.8. The van der Waals surface area contributed by atoms with Crippen molar-refractivity contribution in [2.45, 2.75) is 24.8 Å². The van der Waals surface area contributed by atoms with Gasteiger partial charge < -0.3 is 9.88 Å². The monoisotopic (exact) mass is 460 g/mol. The van der Waals surface area contributed by atoms with Gasteiger partial charge in [-0.2, -0.15) is 4.31 Å². The van der Waals surface area contributed by atoms with Crippen LogP contribution in [0.3, 0.4) is 0 Å². The maximum absolute atomic E-state index is 13.1. The summed E-state index contributed by atoms with van der Waals surface area (Å²) in [6.07, 6.45) is 3.46. The third kappa shape index (κ3) is 4.81. The second kappa shape index (κ2) is 9.64. The number of nitrogens with zero attached hydrogens (tertiary/aromatic N) is 3. The average molecular weight is 461 g/mol. The first-order valence-corrected chi connectivity index (χ1v) is 11.7. The van der Waals surface area contributed by atoms with Crippen molar-refractivity contribution >= 4 is 27.5 Å². The number of aromatic nitrogens is 2. The van der Waals surface area contributed by atoms with Crippen molar-refractivity contribution in [2.24, 2.45) is 7.05 Å². The number of hydrogen-bond acceptors (Lipinski definition) is 4. The maximum Gasteiger partial charge on any atom is 0.252 e. The van der Waals surface area contributed by atoms with Crippen LogP contribution >= 0.6 is 11.6 Å². The summed E-state index contributed by atoms with van der Waals surface area (Å²) in [7, 11) is -1.96.